The van der Waals surface area contributed by atoms with Gasteiger partial charge in [-0.15, -0.1) is 0 Å². The first-order valence-electron chi connectivity index (χ1n) is 8.63. The summed E-state index contributed by atoms with van der Waals surface area (Å²) in [6.45, 7) is 1.34. The highest BCUT2D eigenvalue weighted by Gasteiger charge is 2.22. The molecular formula is C19H16FN3O6. The Hall–Kier alpha value is -3.82. The smallest absolute Gasteiger partial charge is 0.338 e. The number of carbonyl (C=O) groups excluding carboxylic acids is 3. The van der Waals surface area contributed by atoms with Crippen molar-refractivity contribution in [3.8, 4) is 0 Å². The Kier molecular flexibility index (Phi) is 5.53. The Morgan fingerprint density at radius 1 is 1.24 bits per heavy atom. The number of aryl methyl sites for hydroxylation is 1. The number of nitro groups is 1. The number of benzene rings is 2. The van der Waals surface area contributed by atoms with Crippen LogP contribution in [0.3, 0.4) is 0 Å². The molecule has 150 valence electrons. The molecule has 0 radical (unpaired) electrons. The van der Waals surface area contributed by atoms with Gasteiger partial charge in [-0.1, -0.05) is 0 Å². The molecule has 2 amide bonds. The Morgan fingerprint density at radius 3 is 2.72 bits per heavy atom. The van der Waals surface area contributed by atoms with Gasteiger partial charge in [0.15, 0.2) is 6.10 Å². The number of amides is 2. The van der Waals surface area contributed by atoms with Crippen molar-refractivity contribution >= 4 is 34.8 Å². The van der Waals surface area contributed by atoms with E-state index in [0.717, 1.165) is 23.8 Å². The number of rotatable bonds is 5. The second-order valence-electron chi connectivity index (χ2n) is 6.38. The fourth-order valence-electron chi connectivity index (χ4n) is 2.77. The van der Waals surface area contributed by atoms with E-state index in [1.165, 1.54) is 13.0 Å². The third-order valence-corrected chi connectivity index (χ3v) is 4.30. The summed E-state index contributed by atoms with van der Waals surface area (Å²) in [6.07, 6.45) is -0.405. The first kappa shape index (κ1) is 19.9. The third kappa shape index (κ3) is 4.54. The van der Waals surface area contributed by atoms with Crippen LogP contribution in [0.15, 0.2) is 36.4 Å². The standard InChI is InChI=1S/C19H16FN3O6/c1-10(18(25)21-13-4-5-14(20)16(9-13)23(27)28)29-19(26)12-2-6-15-11(8-12)3-7-17(24)22-15/h2,4-6,8-10H,3,7H2,1H3,(H,21,25)(H,22,24). The molecule has 1 atom stereocenters. The Labute approximate surface area is 164 Å². The minimum absolute atomic E-state index is 0.00415. The van der Waals surface area contributed by atoms with Gasteiger partial charge >= 0.3 is 11.7 Å². The zero-order chi connectivity index (χ0) is 21.1. The van der Waals surface area contributed by atoms with Gasteiger partial charge in [-0.25, -0.2) is 4.79 Å². The predicted molar refractivity (Wildman–Crippen MR) is 100.0 cm³/mol. The first-order chi connectivity index (χ1) is 13.7. The lowest BCUT2D eigenvalue weighted by atomic mass is 10.0. The van der Waals surface area contributed by atoms with Crippen LogP contribution in [0.4, 0.5) is 21.5 Å². The van der Waals surface area contributed by atoms with E-state index in [0.29, 0.717) is 18.5 Å². The molecule has 0 saturated carbocycles. The van der Waals surface area contributed by atoms with Gasteiger partial charge in [0.2, 0.25) is 11.7 Å². The van der Waals surface area contributed by atoms with E-state index < -0.39 is 34.4 Å². The van der Waals surface area contributed by atoms with Crippen LogP contribution < -0.4 is 10.6 Å². The fourth-order valence-corrected chi connectivity index (χ4v) is 2.77. The summed E-state index contributed by atoms with van der Waals surface area (Å²) in [5.74, 6) is -2.60. The van der Waals surface area contributed by atoms with Crippen molar-refractivity contribution in [2.24, 2.45) is 0 Å². The number of hydrogen-bond donors (Lipinski definition) is 2. The van der Waals surface area contributed by atoms with Crippen LogP contribution >= 0.6 is 0 Å². The molecule has 2 aromatic rings. The van der Waals surface area contributed by atoms with Crippen LogP contribution in [0.5, 0.6) is 0 Å². The second-order valence-corrected chi connectivity index (χ2v) is 6.38. The van der Waals surface area contributed by atoms with Crippen molar-refractivity contribution in [1.29, 1.82) is 0 Å². The molecule has 0 fully saturated rings. The second kappa shape index (κ2) is 8.05. The molecule has 1 aliphatic heterocycles. The highest BCUT2D eigenvalue weighted by molar-refractivity contribution is 5.99. The molecule has 3 rings (SSSR count). The molecule has 9 nitrogen and oxygen atoms in total. The molecule has 0 aliphatic carbocycles. The summed E-state index contributed by atoms with van der Waals surface area (Å²) in [4.78, 5) is 45.8. The maximum Gasteiger partial charge on any atom is 0.338 e. The highest BCUT2D eigenvalue weighted by atomic mass is 19.1. The average molecular weight is 401 g/mol. The van der Waals surface area contributed by atoms with Gasteiger partial charge in [0.1, 0.15) is 0 Å². The minimum atomic E-state index is -1.21. The zero-order valence-electron chi connectivity index (χ0n) is 15.2. The summed E-state index contributed by atoms with van der Waals surface area (Å²) in [5.41, 5.74) is 0.845. The van der Waals surface area contributed by atoms with Crippen molar-refractivity contribution in [2.45, 2.75) is 25.9 Å². The molecule has 0 bridgehead atoms. The van der Waals surface area contributed by atoms with Crippen LogP contribution in [0, 0.1) is 15.9 Å². The average Bonchev–Trinajstić information content (AvgIpc) is 2.68. The van der Waals surface area contributed by atoms with Crippen molar-refractivity contribution in [1.82, 2.24) is 0 Å². The molecule has 1 aliphatic rings. The van der Waals surface area contributed by atoms with Crippen molar-refractivity contribution < 1.29 is 28.4 Å². The van der Waals surface area contributed by atoms with Gasteiger partial charge in [0.25, 0.3) is 5.91 Å². The van der Waals surface area contributed by atoms with Crippen LogP contribution in [0.25, 0.3) is 0 Å². The molecule has 0 saturated heterocycles. The summed E-state index contributed by atoms with van der Waals surface area (Å²) in [5, 5.41) is 15.8. The molecule has 0 spiro atoms. The van der Waals surface area contributed by atoms with Crippen molar-refractivity contribution in [2.75, 3.05) is 10.6 Å². The lowest BCUT2D eigenvalue weighted by molar-refractivity contribution is -0.387. The van der Waals surface area contributed by atoms with Gasteiger partial charge in [-0.3, -0.25) is 19.7 Å². The van der Waals surface area contributed by atoms with Crippen LogP contribution in [0.2, 0.25) is 0 Å². The lowest BCUT2D eigenvalue weighted by Crippen LogP contribution is -2.30. The molecule has 2 aromatic carbocycles. The maximum atomic E-state index is 13.4. The summed E-state index contributed by atoms with van der Waals surface area (Å²) in [6, 6.07) is 7.54. The quantitative estimate of drug-likeness (QED) is 0.450. The molecule has 10 heteroatoms. The van der Waals surface area contributed by atoms with E-state index in [1.54, 1.807) is 12.1 Å². The van der Waals surface area contributed by atoms with Gasteiger partial charge in [-0.05, 0) is 49.2 Å². The zero-order valence-corrected chi connectivity index (χ0v) is 15.2. The number of carbonyl (C=O) groups is 3. The monoisotopic (exact) mass is 401 g/mol. The van der Waals surface area contributed by atoms with Crippen LogP contribution in [-0.2, 0) is 20.7 Å². The van der Waals surface area contributed by atoms with Gasteiger partial charge in [0, 0.05) is 23.9 Å². The third-order valence-electron chi connectivity index (χ3n) is 4.30. The molecule has 29 heavy (non-hydrogen) atoms. The first-order valence-corrected chi connectivity index (χ1v) is 8.63. The lowest BCUT2D eigenvalue weighted by Gasteiger charge is -2.18. The normalized spacial score (nSPS) is 13.7. The Bertz CT molecular complexity index is 1020. The maximum absolute atomic E-state index is 13.4. The van der Waals surface area contributed by atoms with E-state index in [2.05, 4.69) is 10.6 Å². The molecule has 1 unspecified atom stereocenters. The molecule has 2 N–H and O–H groups in total. The minimum Gasteiger partial charge on any atom is -0.449 e. The van der Waals surface area contributed by atoms with Crippen molar-refractivity contribution in [3.05, 3.63) is 63.5 Å². The van der Waals surface area contributed by atoms with Gasteiger partial charge < -0.3 is 15.4 Å². The van der Waals surface area contributed by atoms with Gasteiger partial charge in [0.05, 0.1) is 10.5 Å². The van der Waals surface area contributed by atoms with Crippen LogP contribution in [-0.4, -0.2) is 28.8 Å². The number of ether oxygens (including phenoxy) is 1. The number of nitro benzene ring substituents is 1. The molecule has 0 aromatic heterocycles. The highest BCUT2D eigenvalue weighted by Crippen LogP contribution is 2.24. The molecule has 1 heterocycles. The Balaban J connectivity index is 1.65. The molecular weight excluding hydrogens is 385 g/mol. The number of hydrogen-bond acceptors (Lipinski definition) is 6. The van der Waals surface area contributed by atoms with Crippen molar-refractivity contribution in [3.63, 3.8) is 0 Å². The van der Waals surface area contributed by atoms with E-state index in [9.17, 15) is 28.9 Å². The Morgan fingerprint density at radius 2 is 2.00 bits per heavy atom. The number of halogens is 1. The van der Waals surface area contributed by atoms with Crippen LogP contribution in [0.1, 0.15) is 29.3 Å². The van der Waals surface area contributed by atoms with E-state index in [1.807, 2.05) is 0 Å². The number of esters is 1. The summed E-state index contributed by atoms with van der Waals surface area (Å²) >= 11 is 0. The summed E-state index contributed by atoms with van der Waals surface area (Å²) in [7, 11) is 0. The predicted octanol–water partition coefficient (Wildman–Crippen LogP) is 2.80. The van der Waals surface area contributed by atoms with E-state index in [4.69, 9.17) is 4.74 Å². The topological polar surface area (TPSA) is 128 Å². The summed E-state index contributed by atoms with van der Waals surface area (Å²) < 4.78 is 18.5. The fraction of sp³-hybridized carbons (Fsp3) is 0.211. The number of anilines is 2. The SMILES string of the molecule is CC(OC(=O)c1ccc2c(c1)CCC(=O)N2)C(=O)Nc1ccc(F)c([N+](=O)[O-])c1. The largest absolute Gasteiger partial charge is 0.449 e. The number of nitrogens with zero attached hydrogens (tertiary/aromatic N) is 1. The van der Waals surface area contributed by atoms with E-state index in [-0.39, 0.29) is 17.2 Å². The number of fused-ring (bicyclic) bond motifs is 1. The van der Waals surface area contributed by atoms with Gasteiger partial charge in [-0.2, -0.15) is 4.39 Å². The number of nitrogens with one attached hydrogen (secondary N) is 2. The van der Waals surface area contributed by atoms with E-state index >= 15 is 0 Å².